The number of hydrogen-bond donors (Lipinski definition) is 0. The molecule has 0 fully saturated rings. The molecule has 0 saturated carbocycles. The van der Waals surface area contributed by atoms with Crippen molar-refractivity contribution < 1.29 is 9.55 Å². The van der Waals surface area contributed by atoms with Gasteiger partial charge in [0, 0.05) is 6.07 Å². The normalized spacial score (nSPS) is 10.4. The molecule has 0 amide bonds. The van der Waals surface area contributed by atoms with Gasteiger partial charge < -0.3 is 10.1 Å². The highest BCUT2D eigenvalue weighted by Crippen LogP contribution is 2.18. The predicted octanol–water partition coefficient (Wildman–Crippen LogP) is 1.08. The van der Waals surface area contributed by atoms with Crippen molar-refractivity contribution in [2.45, 2.75) is 6.92 Å². The van der Waals surface area contributed by atoms with Crippen LogP contribution >= 0.6 is 0 Å². The molecule has 7 nitrogen and oxygen atoms in total. The Morgan fingerprint density at radius 2 is 2.36 bits per heavy atom. The Bertz CT molecular complexity index is 473. The van der Waals surface area contributed by atoms with E-state index in [1.165, 1.54) is 16.8 Å². The van der Waals surface area contributed by atoms with Crippen molar-refractivity contribution in [3.63, 3.8) is 0 Å². The molecule has 0 spiro atoms. The van der Waals surface area contributed by atoms with Gasteiger partial charge in [-0.15, -0.1) is 0 Å². The zero-order valence-corrected chi connectivity index (χ0v) is 7.25. The first kappa shape index (κ1) is 8.42. The first-order valence-corrected chi connectivity index (χ1v) is 3.81. The van der Waals surface area contributed by atoms with Crippen molar-refractivity contribution >= 4 is 5.82 Å². The van der Waals surface area contributed by atoms with E-state index >= 15 is 0 Å². The van der Waals surface area contributed by atoms with Gasteiger partial charge >= 0.3 is 5.82 Å². The summed E-state index contributed by atoms with van der Waals surface area (Å²) in [7, 11) is 0. The minimum absolute atomic E-state index is 0.0659. The predicted molar refractivity (Wildman–Crippen MR) is 45.0 cm³/mol. The van der Waals surface area contributed by atoms with Crippen LogP contribution in [-0.4, -0.2) is 19.8 Å². The molecule has 2 rings (SSSR count). The van der Waals surface area contributed by atoms with Gasteiger partial charge in [0.25, 0.3) is 5.82 Å². The Morgan fingerprint density at radius 3 is 2.93 bits per heavy atom. The van der Waals surface area contributed by atoms with Crippen molar-refractivity contribution in [1.82, 2.24) is 14.9 Å². The van der Waals surface area contributed by atoms with Gasteiger partial charge in [0.2, 0.25) is 0 Å². The van der Waals surface area contributed by atoms with E-state index in [-0.39, 0.29) is 5.82 Å². The average Bonchev–Trinajstić information content (AvgIpc) is 2.70. The number of aryl methyl sites for hydroxylation is 1. The number of nitro groups is 1. The molecule has 2 aromatic rings. The minimum Gasteiger partial charge on any atom is -0.358 e. The van der Waals surface area contributed by atoms with Crippen molar-refractivity contribution in [3.05, 3.63) is 34.1 Å². The van der Waals surface area contributed by atoms with E-state index in [0.29, 0.717) is 11.5 Å². The Kier molecular flexibility index (Phi) is 1.77. The molecule has 0 bridgehead atoms. The molecule has 0 aliphatic heterocycles. The number of nitrogens with zero attached hydrogens (tertiary/aromatic N) is 4. The second-order valence-corrected chi connectivity index (χ2v) is 2.67. The van der Waals surface area contributed by atoms with E-state index in [1.807, 2.05) is 0 Å². The molecule has 14 heavy (non-hydrogen) atoms. The lowest BCUT2D eigenvalue weighted by Gasteiger charge is -1.95. The molecule has 0 aromatic carbocycles. The molecule has 0 N–H and O–H groups in total. The van der Waals surface area contributed by atoms with E-state index in [1.54, 1.807) is 13.0 Å². The quantitative estimate of drug-likeness (QED) is 0.527. The highest BCUT2D eigenvalue weighted by Gasteiger charge is 2.19. The minimum atomic E-state index is -0.492. The fraction of sp³-hybridized carbons (Fsp3) is 0.143. The Balaban J connectivity index is 2.57. The Labute approximate surface area is 78.1 Å². The van der Waals surface area contributed by atoms with Crippen LogP contribution in [0, 0.1) is 17.0 Å². The van der Waals surface area contributed by atoms with E-state index < -0.39 is 4.92 Å². The van der Waals surface area contributed by atoms with Crippen LogP contribution in [0.2, 0.25) is 0 Å². The fourth-order valence-corrected chi connectivity index (χ4v) is 1.15. The van der Waals surface area contributed by atoms with Crippen molar-refractivity contribution in [2.75, 3.05) is 0 Å². The molecule has 2 heterocycles. The van der Waals surface area contributed by atoms with Crippen molar-refractivity contribution in [3.8, 4) is 5.82 Å². The first-order valence-electron chi connectivity index (χ1n) is 3.81. The van der Waals surface area contributed by atoms with Gasteiger partial charge in [0.1, 0.15) is 0 Å². The summed E-state index contributed by atoms with van der Waals surface area (Å²) in [5.41, 5.74) is 0.504. The SMILES string of the molecule is Cc1nonc1-n1cccc1[N+](=O)[O-]. The standard InChI is InChI=1S/C7H6N4O3/c1-5-7(9-14-8-5)10-4-2-3-6(10)11(12)13/h2-4H,1H3. The van der Waals surface area contributed by atoms with E-state index in [2.05, 4.69) is 14.9 Å². The molecule has 0 unspecified atom stereocenters. The molecule has 0 aliphatic carbocycles. The monoisotopic (exact) mass is 194 g/mol. The summed E-state index contributed by atoms with van der Waals surface area (Å²) >= 11 is 0. The maximum atomic E-state index is 10.6. The third-order valence-corrected chi connectivity index (χ3v) is 1.77. The second kappa shape index (κ2) is 2.95. The van der Waals surface area contributed by atoms with Crippen molar-refractivity contribution in [1.29, 1.82) is 0 Å². The van der Waals surface area contributed by atoms with Crippen LogP contribution in [0.1, 0.15) is 5.69 Å². The van der Waals surface area contributed by atoms with E-state index in [0.717, 1.165) is 0 Å². The van der Waals surface area contributed by atoms with Crippen LogP contribution in [0.3, 0.4) is 0 Å². The molecule has 0 saturated heterocycles. The summed E-state index contributed by atoms with van der Waals surface area (Å²) < 4.78 is 5.77. The molecular formula is C7H6N4O3. The molecule has 2 aromatic heterocycles. The third-order valence-electron chi connectivity index (χ3n) is 1.77. The zero-order valence-electron chi connectivity index (χ0n) is 7.25. The van der Waals surface area contributed by atoms with E-state index in [4.69, 9.17) is 0 Å². The lowest BCUT2D eigenvalue weighted by atomic mass is 10.5. The van der Waals surface area contributed by atoms with Gasteiger partial charge in [-0.2, -0.15) is 4.57 Å². The maximum absolute atomic E-state index is 10.6. The zero-order chi connectivity index (χ0) is 10.1. The van der Waals surface area contributed by atoms with Gasteiger partial charge in [0.05, 0.1) is 6.20 Å². The summed E-state index contributed by atoms with van der Waals surface area (Å²) in [6.07, 6.45) is 1.53. The molecule has 7 heteroatoms. The summed E-state index contributed by atoms with van der Waals surface area (Å²) in [5, 5.41) is 17.7. The summed E-state index contributed by atoms with van der Waals surface area (Å²) in [5.74, 6) is 0.269. The lowest BCUT2D eigenvalue weighted by molar-refractivity contribution is -0.390. The highest BCUT2D eigenvalue weighted by molar-refractivity contribution is 5.36. The Morgan fingerprint density at radius 1 is 1.57 bits per heavy atom. The van der Waals surface area contributed by atoms with Crippen LogP contribution in [0.15, 0.2) is 23.0 Å². The number of aromatic nitrogens is 3. The van der Waals surface area contributed by atoms with Crippen LogP contribution in [0.25, 0.3) is 5.82 Å². The van der Waals surface area contributed by atoms with Gasteiger partial charge in [-0.25, -0.2) is 4.63 Å². The summed E-state index contributed by atoms with van der Waals surface area (Å²) in [6, 6.07) is 2.94. The lowest BCUT2D eigenvalue weighted by Crippen LogP contribution is -2.00. The van der Waals surface area contributed by atoms with Crippen LogP contribution in [0.5, 0.6) is 0 Å². The van der Waals surface area contributed by atoms with Crippen LogP contribution < -0.4 is 0 Å². The van der Waals surface area contributed by atoms with E-state index in [9.17, 15) is 10.1 Å². The summed E-state index contributed by atoms with van der Waals surface area (Å²) in [6.45, 7) is 1.66. The van der Waals surface area contributed by atoms with Crippen molar-refractivity contribution in [2.24, 2.45) is 0 Å². The highest BCUT2D eigenvalue weighted by atomic mass is 16.6. The van der Waals surface area contributed by atoms with Crippen LogP contribution in [0.4, 0.5) is 5.82 Å². The van der Waals surface area contributed by atoms with Crippen LogP contribution in [-0.2, 0) is 0 Å². The largest absolute Gasteiger partial charge is 0.358 e. The first-order chi connectivity index (χ1) is 6.70. The van der Waals surface area contributed by atoms with Gasteiger partial charge in [0.15, 0.2) is 5.69 Å². The molecular weight excluding hydrogens is 188 g/mol. The third kappa shape index (κ3) is 1.15. The second-order valence-electron chi connectivity index (χ2n) is 2.67. The maximum Gasteiger partial charge on any atom is 0.329 e. The fourth-order valence-electron chi connectivity index (χ4n) is 1.15. The van der Waals surface area contributed by atoms with Gasteiger partial charge in [-0.05, 0) is 23.1 Å². The molecule has 0 radical (unpaired) electrons. The van der Waals surface area contributed by atoms with Gasteiger partial charge in [-0.3, -0.25) is 0 Å². The number of hydrogen-bond acceptors (Lipinski definition) is 5. The molecule has 72 valence electrons. The summed E-state index contributed by atoms with van der Waals surface area (Å²) in [4.78, 5) is 10.1. The smallest absolute Gasteiger partial charge is 0.329 e. The average molecular weight is 194 g/mol. The Hall–Kier alpha value is -2.18. The number of rotatable bonds is 2. The van der Waals surface area contributed by atoms with Gasteiger partial charge in [-0.1, -0.05) is 5.16 Å². The topological polar surface area (TPSA) is 87.0 Å². The molecule has 0 aliphatic rings. The molecule has 0 atom stereocenters.